The van der Waals surface area contributed by atoms with Crippen molar-refractivity contribution in [1.82, 2.24) is 0 Å². The van der Waals surface area contributed by atoms with Crippen molar-refractivity contribution < 1.29 is 4.43 Å². The largest absolute Gasteiger partial charge is 0.543 e. The summed E-state index contributed by atoms with van der Waals surface area (Å²) in [5.74, 6) is 7.52. The lowest BCUT2D eigenvalue weighted by molar-refractivity contribution is 0.491. The maximum atomic E-state index is 6.47. The molecule has 0 N–H and O–H groups in total. The second-order valence-corrected chi connectivity index (χ2v) is 12.9. The van der Waals surface area contributed by atoms with Crippen LogP contribution in [-0.4, -0.2) is 14.6 Å². The summed E-state index contributed by atoms with van der Waals surface area (Å²) in [6.07, 6.45) is 2.08. The zero-order chi connectivity index (χ0) is 17.8. The van der Waals surface area contributed by atoms with E-state index in [1.165, 1.54) is 4.90 Å². The Morgan fingerprint density at radius 1 is 0.875 bits per heavy atom. The molecule has 0 aliphatic carbocycles. The summed E-state index contributed by atoms with van der Waals surface area (Å²) in [6, 6.07) is 16.4. The first-order chi connectivity index (χ1) is 11.2. The molecule has 0 aliphatic heterocycles. The van der Waals surface area contributed by atoms with E-state index in [-0.39, 0.29) is 5.04 Å². The van der Waals surface area contributed by atoms with Crippen LogP contribution in [0.25, 0.3) is 0 Å². The van der Waals surface area contributed by atoms with Gasteiger partial charge in [-0.15, -0.1) is 11.8 Å². The molecular weight excluding hydrogens is 328 g/mol. The second-order valence-electron chi connectivity index (χ2n) is 7.31. The van der Waals surface area contributed by atoms with E-state index in [1.54, 1.807) is 11.8 Å². The van der Waals surface area contributed by atoms with E-state index in [0.717, 1.165) is 16.9 Å². The van der Waals surface area contributed by atoms with Gasteiger partial charge in [0.05, 0.1) is 5.56 Å². The molecule has 2 aromatic rings. The van der Waals surface area contributed by atoms with Crippen LogP contribution in [0.4, 0.5) is 0 Å². The number of benzene rings is 2. The van der Waals surface area contributed by atoms with E-state index in [2.05, 4.69) is 64.1 Å². The molecule has 0 atom stereocenters. The topological polar surface area (TPSA) is 9.23 Å². The third-order valence-corrected chi connectivity index (χ3v) is 9.64. The van der Waals surface area contributed by atoms with E-state index >= 15 is 0 Å². The van der Waals surface area contributed by atoms with Gasteiger partial charge in [0.2, 0.25) is 0 Å². The minimum atomic E-state index is -1.88. The van der Waals surface area contributed by atoms with Crippen molar-refractivity contribution in [1.29, 1.82) is 0 Å². The lowest BCUT2D eigenvalue weighted by Gasteiger charge is -2.36. The highest BCUT2D eigenvalue weighted by atomic mass is 32.2. The molecule has 2 rings (SSSR count). The van der Waals surface area contributed by atoms with Gasteiger partial charge in [-0.25, -0.2) is 0 Å². The fraction of sp³-hybridized carbons (Fsp3) is 0.333. The van der Waals surface area contributed by atoms with E-state index in [4.69, 9.17) is 4.43 Å². The van der Waals surface area contributed by atoms with Crippen LogP contribution in [0.2, 0.25) is 18.1 Å². The number of rotatable bonds is 3. The molecule has 2 aromatic carbocycles. The molecule has 0 fully saturated rings. The Hall–Kier alpha value is -1.63. The maximum Gasteiger partial charge on any atom is 0.250 e. The third-order valence-electron chi connectivity index (χ3n) is 4.50. The van der Waals surface area contributed by atoms with Crippen molar-refractivity contribution in [2.75, 3.05) is 6.26 Å². The molecule has 0 amide bonds. The van der Waals surface area contributed by atoms with Gasteiger partial charge in [-0.3, -0.25) is 0 Å². The van der Waals surface area contributed by atoms with Gasteiger partial charge in [0.1, 0.15) is 5.75 Å². The molecule has 0 aliphatic rings. The average Bonchev–Trinajstić information content (AvgIpc) is 2.53. The predicted octanol–water partition coefficient (Wildman–Crippen LogP) is 6.19. The fourth-order valence-corrected chi connectivity index (χ4v) is 3.56. The highest BCUT2D eigenvalue weighted by Gasteiger charge is 2.39. The first kappa shape index (κ1) is 18.7. The van der Waals surface area contributed by atoms with Gasteiger partial charge >= 0.3 is 0 Å². The maximum absolute atomic E-state index is 6.47. The summed E-state index contributed by atoms with van der Waals surface area (Å²) in [5.41, 5.74) is 2.02. The predicted molar refractivity (Wildman–Crippen MR) is 108 cm³/mol. The first-order valence-corrected chi connectivity index (χ1v) is 12.3. The van der Waals surface area contributed by atoms with Crippen LogP contribution in [-0.2, 0) is 0 Å². The fourth-order valence-electron chi connectivity index (χ4n) is 1.97. The van der Waals surface area contributed by atoms with E-state index in [0.29, 0.717) is 0 Å². The third kappa shape index (κ3) is 4.46. The quantitative estimate of drug-likeness (QED) is 0.369. The van der Waals surface area contributed by atoms with Crippen LogP contribution in [0.5, 0.6) is 5.75 Å². The Kier molecular flexibility index (Phi) is 5.85. The SMILES string of the molecule is CSc1ccccc1C#Cc1ccccc1O[Si](C)(C)C(C)(C)C. The molecule has 0 aromatic heterocycles. The van der Waals surface area contributed by atoms with E-state index in [9.17, 15) is 0 Å². The molecule has 0 saturated heterocycles. The van der Waals surface area contributed by atoms with Gasteiger partial charge < -0.3 is 4.43 Å². The van der Waals surface area contributed by atoms with Crippen LogP contribution in [0.15, 0.2) is 53.4 Å². The zero-order valence-electron chi connectivity index (χ0n) is 15.4. The summed E-state index contributed by atoms with van der Waals surface area (Å²) in [5, 5.41) is 0.166. The van der Waals surface area contributed by atoms with Crippen molar-refractivity contribution in [3.63, 3.8) is 0 Å². The smallest absolute Gasteiger partial charge is 0.250 e. The summed E-state index contributed by atoms with van der Waals surface area (Å²) in [4.78, 5) is 1.20. The van der Waals surface area contributed by atoms with Gasteiger partial charge in [-0.2, -0.15) is 0 Å². The van der Waals surface area contributed by atoms with Gasteiger partial charge in [0.25, 0.3) is 8.32 Å². The summed E-state index contributed by atoms with van der Waals surface area (Å²) in [6.45, 7) is 11.3. The van der Waals surface area contributed by atoms with Gasteiger partial charge in [0, 0.05) is 10.5 Å². The Morgan fingerprint density at radius 3 is 2.04 bits per heavy atom. The number of thioether (sulfide) groups is 1. The van der Waals surface area contributed by atoms with Crippen molar-refractivity contribution in [2.24, 2.45) is 0 Å². The monoisotopic (exact) mass is 354 g/mol. The molecule has 0 saturated carbocycles. The minimum absolute atomic E-state index is 0.166. The van der Waals surface area contributed by atoms with Gasteiger partial charge in [-0.05, 0) is 48.7 Å². The zero-order valence-corrected chi connectivity index (χ0v) is 17.3. The lowest BCUT2D eigenvalue weighted by Crippen LogP contribution is -2.44. The Morgan fingerprint density at radius 2 is 1.42 bits per heavy atom. The molecule has 0 radical (unpaired) electrons. The van der Waals surface area contributed by atoms with Gasteiger partial charge in [-0.1, -0.05) is 56.9 Å². The molecule has 3 heteroatoms. The van der Waals surface area contributed by atoms with Crippen LogP contribution >= 0.6 is 11.8 Å². The van der Waals surface area contributed by atoms with Crippen molar-refractivity contribution in [2.45, 2.75) is 43.8 Å². The first-order valence-electron chi connectivity index (χ1n) is 8.18. The summed E-state index contributed by atoms with van der Waals surface area (Å²) in [7, 11) is -1.88. The molecule has 0 spiro atoms. The lowest BCUT2D eigenvalue weighted by atomic mass is 10.1. The van der Waals surface area contributed by atoms with Gasteiger partial charge in [0.15, 0.2) is 0 Å². The van der Waals surface area contributed by atoms with Crippen LogP contribution in [0.3, 0.4) is 0 Å². The number of hydrogen-bond acceptors (Lipinski definition) is 2. The number of para-hydroxylation sites is 1. The highest BCUT2D eigenvalue weighted by molar-refractivity contribution is 7.98. The molecule has 1 nitrogen and oxygen atoms in total. The molecule has 0 unspecified atom stereocenters. The van der Waals surface area contributed by atoms with Crippen molar-refractivity contribution in [3.05, 3.63) is 59.7 Å². The Labute approximate surface area is 152 Å². The minimum Gasteiger partial charge on any atom is -0.543 e. The molecule has 24 heavy (non-hydrogen) atoms. The van der Waals surface area contributed by atoms with Crippen LogP contribution in [0, 0.1) is 11.8 Å². The highest BCUT2D eigenvalue weighted by Crippen LogP contribution is 2.38. The van der Waals surface area contributed by atoms with Crippen LogP contribution in [0.1, 0.15) is 31.9 Å². The second kappa shape index (κ2) is 7.50. The summed E-state index contributed by atoms with van der Waals surface area (Å²) < 4.78 is 6.47. The van der Waals surface area contributed by atoms with Crippen molar-refractivity contribution in [3.8, 4) is 17.6 Å². The average molecular weight is 355 g/mol. The van der Waals surface area contributed by atoms with Crippen LogP contribution < -0.4 is 4.43 Å². The Balaban J connectivity index is 2.36. The summed E-state index contributed by atoms with van der Waals surface area (Å²) >= 11 is 1.72. The van der Waals surface area contributed by atoms with Crippen molar-refractivity contribution >= 4 is 20.1 Å². The van der Waals surface area contributed by atoms with E-state index < -0.39 is 8.32 Å². The van der Waals surface area contributed by atoms with E-state index in [1.807, 2.05) is 36.4 Å². The molecule has 126 valence electrons. The Bertz CT molecular complexity index is 763. The number of hydrogen-bond donors (Lipinski definition) is 0. The normalized spacial score (nSPS) is 11.6. The molecule has 0 bridgehead atoms. The molecule has 0 heterocycles. The standard InChI is InChI=1S/C21H26OSSi/c1-21(2,3)24(5,6)22-19-13-9-7-11-17(19)15-16-18-12-8-10-14-20(18)23-4/h7-14H,1-6H3. The molecular formula is C21H26OSSi.